The van der Waals surface area contributed by atoms with E-state index in [2.05, 4.69) is 64.2 Å². The summed E-state index contributed by atoms with van der Waals surface area (Å²) in [4.78, 5) is 0. The van der Waals surface area contributed by atoms with Gasteiger partial charge >= 0.3 is 0 Å². The molecule has 2 heteroatoms. The molecule has 1 rings (SSSR count). The molecule has 0 aromatic heterocycles. The summed E-state index contributed by atoms with van der Waals surface area (Å²) < 4.78 is 0. The summed E-state index contributed by atoms with van der Waals surface area (Å²) in [6.45, 7) is 12.0. The molecule has 18 heavy (non-hydrogen) atoms. The van der Waals surface area contributed by atoms with E-state index in [0.717, 1.165) is 12.1 Å². The van der Waals surface area contributed by atoms with Gasteiger partial charge in [-0.1, -0.05) is 58.9 Å². The summed E-state index contributed by atoms with van der Waals surface area (Å²) in [7, 11) is 0. The van der Waals surface area contributed by atoms with E-state index in [1.807, 2.05) is 0 Å². The number of rotatable bonds is 6. The molecule has 1 aromatic rings. The Morgan fingerprint density at radius 1 is 1.11 bits per heavy atom. The molecular formula is C16H27NO. The van der Waals surface area contributed by atoms with Gasteiger partial charge in [0.1, 0.15) is 5.60 Å². The maximum absolute atomic E-state index is 10.9. The monoisotopic (exact) mass is 249 g/mol. The molecule has 0 saturated heterocycles. The number of aliphatic hydroxyl groups is 1. The fraction of sp³-hybridized carbons (Fsp3) is 0.625. The predicted molar refractivity (Wildman–Crippen MR) is 77.8 cm³/mol. The van der Waals surface area contributed by atoms with Gasteiger partial charge in [0.15, 0.2) is 0 Å². The highest BCUT2D eigenvalue weighted by Crippen LogP contribution is 2.30. The summed E-state index contributed by atoms with van der Waals surface area (Å²) in [5, 5.41) is 14.1. The molecule has 102 valence electrons. The van der Waals surface area contributed by atoms with Gasteiger partial charge in [0.2, 0.25) is 0 Å². The lowest BCUT2D eigenvalue weighted by Gasteiger charge is -2.33. The zero-order valence-electron chi connectivity index (χ0n) is 12.3. The Hall–Kier alpha value is -0.860. The molecule has 0 amide bonds. The second-order valence-corrected chi connectivity index (χ2v) is 5.64. The van der Waals surface area contributed by atoms with Crippen molar-refractivity contribution in [2.24, 2.45) is 5.92 Å². The fourth-order valence-corrected chi connectivity index (χ4v) is 2.11. The molecule has 0 fully saturated rings. The minimum Gasteiger partial charge on any atom is -0.384 e. The van der Waals surface area contributed by atoms with Crippen LogP contribution in [0.25, 0.3) is 0 Å². The standard InChI is InChI=1S/C16H27NO/c1-6-17-11-16(18,13(4)5)15-9-7-14(8-10-15)12(2)3/h7-10,12-13,17-18H,6,11H2,1-5H3. The van der Waals surface area contributed by atoms with E-state index in [9.17, 15) is 5.11 Å². The number of hydrogen-bond acceptors (Lipinski definition) is 2. The van der Waals surface area contributed by atoms with Crippen molar-refractivity contribution in [2.45, 2.75) is 46.1 Å². The van der Waals surface area contributed by atoms with E-state index in [-0.39, 0.29) is 5.92 Å². The van der Waals surface area contributed by atoms with Gasteiger partial charge in [-0.05, 0) is 29.5 Å². The number of likely N-dealkylation sites (N-methyl/N-ethyl adjacent to an activating group) is 1. The van der Waals surface area contributed by atoms with Crippen molar-refractivity contribution in [1.82, 2.24) is 5.32 Å². The van der Waals surface area contributed by atoms with E-state index in [1.54, 1.807) is 0 Å². The lowest BCUT2D eigenvalue weighted by Crippen LogP contribution is -2.42. The lowest BCUT2D eigenvalue weighted by molar-refractivity contribution is -0.00877. The third-order valence-corrected chi connectivity index (χ3v) is 3.68. The highest BCUT2D eigenvalue weighted by Gasteiger charge is 2.32. The van der Waals surface area contributed by atoms with Crippen molar-refractivity contribution in [3.8, 4) is 0 Å². The SMILES string of the molecule is CCNCC(O)(c1ccc(C(C)C)cc1)C(C)C. The van der Waals surface area contributed by atoms with E-state index < -0.39 is 5.60 Å². The molecule has 0 heterocycles. The van der Waals surface area contributed by atoms with Gasteiger partial charge in [-0.2, -0.15) is 0 Å². The minimum absolute atomic E-state index is 0.182. The van der Waals surface area contributed by atoms with Crippen LogP contribution >= 0.6 is 0 Å². The van der Waals surface area contributed by atoms with Crippen LogP contribution in [0.4, 0.5) is 0 Å². The van der Waals surface area contributed by atoms with E-state index in [1.165, 1.54) is 5.56 Å². The van der Waals surface area contributed by atoms with Crippen LogP contribution in [0.2, 0.25) is 0 Å². The summed E-state index contributed by atoms with van der Waals surface area (Å²) in [5.74, 6) is 0.710. The Morgan fingerprint density at radius 2 is 1.67 bits per heavy atom. The van der Waals surface area contributed by atoms with Crippen LogP contribution in [-0.4, -0.2) is 18.2 Å². The molecule has 0 spiro atoms. The first-order valence-electron chi connectivity index (χ1n) is 6.95. The molecular weight excluding hydrogens is 222 g/mol. The highest BCUT2D eigenvalue weighted by molar-refractivity contribution is 5.29. The Morgan fingerprint density at radius 3 is 2.06 bits per heavy atom. The van der Waals surface area contributed by atoms with Gasteiger partial charge in [-0.25, -0.2) is 0 Å². The van der Waals surface area contributed by atoms with Crippen molar-refractivity contribution in [3.63, 3.8) is 0 Å². The second kappa shape index (κ2) is 6.35. The maximum atomic E-state index is 10.9. The van der Waals surface area contributed by atoms with Crippen LogP contribution in [0.5, 0.6) is 0 Å². The quantitative estimate of drug-likeness (QED) is 0.811. The minimum atomic E-state index is -0.786. The first-order chi connectivity index (χ1) is 8.41. The van der Waals surface area contributed by atoms with Crippen LogP contribution in [0.3, 0.4) is 0 Å². The molecule has 0 radical (unpaired) electrons. The van der Waals surface area contributed by atoms with E-state index in [4.69, 9.17) is 0 Å². The average Bonchev–Trinajstić information content (AvgIpc) is 2.35. The molecule has 0 aliphatic rings. The zero-order valence-corrected chi connectivity index (χ0v) is 12.3. The third-order valence-electron chi connectivity index (χ3n) is 3.68. The summed E-state index contributed by atoms with van der Waals surface area (Å²) in [6, 6.07) is 8.37. The first-order valence-corrected chi connectivity index (χ1v) is 6.95. The molecule has 0 bridgehead atoms. The molecule has 2 nitrogen and oxygen atoms in total. The smallest absolute Gasteiger partial charge is 0.104 e. The van der Waals surface area contributed by atoms with E-state index >= 15 is 0 Å². The molecule has 0 aliphatic heterocycles. The molecule has 0 aliphatic carbocycles. The predicted octanol–water partition coefficient (Wildman–Crippen LogP) is 3.26. The number of hydrogen-bond donors (Lipinski definition) is 2. The Kier molecular flexibility index (Phi) is 5.36. The topological polar surface area (TPSA) is 32.3 Å². The summed E-state index contributed by atoms with van der Waals surface area (Å²) >= 11 is 0. The van der Waals surface area contributed by atoms with E-state index in [0.29, 0.717) is 12.5 Å². The lowest BCUT2D eigenvalue weighted by atomic mass is 9.82. The van der Waals surface area contributed by atoms with Crippen LogP contribution in [0.1, 0.15) is 51.7 Å². The van der Waals surface area contributed by atoms with Gasteiger partial charge < -0.3 is 10.4 Å². The second-order valence-electron chi connectivity index (χ2n) is 5.64. The van der Waals surface area contributed by atoms with Gasteiger partial charge in [-0.15, -0.1) is 0 Å². The Balaban J connectivity index is 2.99. The largest absolute Gasteiger partial charge is 0.384 e. The molecule has 0 saturated carbocycles. The van der Waals surface area contributed by atoms with Crippen molar-refractivity contribution < 1.29 is 5.11 Å². The van der Waals surface area contributed by atoms with Gasteiger partial charge in [0.05, 0.1) is 0 Å². The van der Waals surface area contributed by atoms with Gasteiger partial charge in [0.25, 0.3) is 0 Å². The van der Waals surface area contributed by atoms with Gasteiger partial charge in [-0.3, -0.25) is 0 Å². The Labute approximate surface area is 111 Å². The molecule has 1 unspecified atom stereocenters. The Bertz CT molecular complexity index is 356. The van der Waals surface area contributed by atoms with Gasteiger partial charge in [0, 0.05) is 6.54 Å². The number of nitrogens with one attached hydrogen (secondary N) is 1. The first kappa shape index (κ1) is 15.2. The fourth-order valence-electron chi connectivity index (χ4n) is 2.11. The van der Waals surface area contributed by atoms with Crippen molar-refractivity contribution >= 4 is 0 Å². The van der Waals surface area contributed by atoms with Crippen molar-refractivity contribution in [3.05, 3.63) is 35.4 Å². The van der Waals surface area contributed by atoms with Crippen molar-refractivity contribution in [2.75, 3.05) is 13.1 Å². The number of benzene rings is 1. The van der Waals surface area contributed by atoms with Crippen LogP contribution < -0.4 is 5.32 Å². The highest BCUT2D eigenvalue weighted by atomic mass is 16.3. The molecule has 1 aromatic carbocycles. The van der Waals surface area contributed by atoms with Crippen LogP contribution in [0.15, 0.2) is 24.3 Å². The molecule has 1 atom stereocenters. The normalized spacial score (nSPS) is 15.1. The van der Waals surface area contributed by atoms with Crippen LogP contribution in [0, 0.1) is 5.92 Å². The average molecular weight is 249 g/mol. The summed E-state index contributed by atoms with van der Waals surface area (Å²) in [6.07, 6.45) is 0. The molecule has 2 N–H and O–H groups in total. The van der Waals surface area contributed by atoms with Crippen LogP contribution in [-0.2, 0) is 5.60 Å². The maximum Gasteiger partial charge on any atom is 0.104 e. The van der Waals surface area contributed by atoms with Crippen molar-refractivity contribution in [1.29, 1.82) is 0 Å². The zero-order chi connectivity index (χ0) is 13.8. The summed E-state index contributed by atoms with van der Waals surface area (Å²) in [5.41, 5.74) is 1.53. The third kappa shape index (κ3) is 3.33.